The normalized spacial score (nSPS) is 10.6. The minimum Gasteiger partial charge on any atom is -0.465 e. The summed E-state index contributed by atoms with van der Waals surface area (Å²) in [5, 5.41) is 0. The van der Waals surface area contributed by atoms with Crippen LogP contribution < -0.4 is 0 Å². The van der Waals surface area contributed by atoms with Crippen LogP contribution in [0.15, 0.2) is 23.7 Å². The number of carbonyl (C=O) groups excluding carboxylic acids is 2. The smallest absolute Gasteiger partial charge is 0.325 e. The number of nitrogens with zero attached hydrogens (tertiary/aromatic N) is 2. The molecule has 0 saturated heterocycles. The summed E-state index contributed by atoms with van der Waals surface area (Å²) in [4.78, 5) is 29.9. The summed E-state index contributed by atoms with van der Waals surface area (Å²) < 4.78 is 5.89. The first-order valence-corrected chi connectivity index (χ1v) is 7.81. The molecule has 2 aromatic rings. The first-order chi connectivity index (χ1) is 10.2. The van der Waals surface area contributed by atoms with Gasteiger partial charge in [0.05, 0.1) is 22.3 Å². The first-order valence-electron chi connectivity index (χ1n) is 6.93. The third kappa shape index (κ3) is 3.78. The maximum absolute atomic E-state index is 12.5. The van der Waals surface area contributed by atoms with Gasteiger partial charge in [0.25, 0.3) is 5.91 Å². The summed E-state index contributed by atoms with van der Waals surface area (Å²) in [6.45, 7) is 4.55. The minimum atomic E-state index is -0.377. The van der Waals surface area contributed by atoms with Crippen molar-refractivity contribution in [2.45, 2.75) is 20.3 Å². The number of rotatable bonds is 6. The van der Waals surface area contributed by atoms with Gasteiger partial charge < -0.3 is 9.64 Å². The Morgan fingerprint density at radius 1 is 1.33 bits per heavy atom. The van der Waals surface area contributed by atoms with Crippen molar-refractivity contribution in [2.24, 2.45) is 0 Å². The second-order valence-electron chi connectivity index (χ2n) is 4.57. The molecule has 0 saturated carbocycles. The molecule has 1 heterocycles. The Kier molecular flexibility index (Phi) is 5.27. The molecule has 0 spiro atoms. The van der Waals surface area contributed by atoms with E-state index in [1.165, 1.54) is 16.2 Å². The number of aromatic nitrogens is 1. The Bertz CT molecular complexity index is 639. The summed E-state index contributed by atoms with van der Waals surface area (Å²) in [6.07, 6.45) is 0.786. The Morgan fingerprint density at radius 3 is 2.86 bits per heavy atom. The Labute approximate surface area is 127 Å². The molecule has 0 aliphatic heterocycles. The van der Waals surface area contributed by atoms with Gasteiger partial charge in [0.1, 0.15) is 6.54 Å². The van der Waals surface area contributed by atoms with E-state index in [9.17, 15) is 9.59 Å². The van der Waals surface area contributed by atoms with Gasteiger partial charge in [-0.05, 0) is 31.5 Å². The summed E-state index contributed by atoms with van der Waals surface area (Å²) in [5.41, 5.74) is 3.20. The molecule has 5 nitrogen and oxygen atoms in total. The highest BCUT2D eigenvalue weighted by Crippen LogP contribution is 2.20. The zero-order valence-electron chi connectivity index (χ0n) is 12.2. The van der Waals surface area contributed by atoms with Crippen molar-refractivity contribution in [3.8, 4) is 0 Å². The molecular formula is C15H18N2O3S. The lowest BCUT2D eigenvalue weighted by molar-refractivity contribution is -0.143. The molecule has 0 atom stereocenters. The molecule has 1 amide bonds. The molecule has 6 heteroatoms. The number of benzene rings is 1. The van der Waals surface area contributed by atoms with Crippen LogP contribution >= 0.6 is 11.3 Å². The van der Waals surface area contributed by atoms with Crippen LogP contribution in [0.1, 0.15) is 30.6 Å². The molecule has 0 fully saturated rings. The summed E-state index contributed by atoms with van der Waals surface area (Å²) >= 11 is 1.49. The highest BCUT2D eigenvalue weighted by Gasteiger charge is 2.19. The standard InChI is InChI=1S/C15H18N2O3S/c1-3-7-17(9-14(18)20-4-2)15(19)11-5-6-12-13(8-11)21-10-16-12/h5-6,8,10H,3-4,7,9H2,1-2H3. The number of amides is 1. The van der Waals surface area contributed by atoms with E-state index < -0.39 is 0 Å². The zero-order chi connectivity index (χ0) is 15.2. The molecule has 0 N–H and O–H groups in total. The van der Waals surface area contributed by atoms with Crippen LogP contribution in [0, 0.1) is 0 Å². The van der Waals surface area contributed by atoms with Crippen LogP contribution in [0.3, 0.4) is 0 Å². The molecule has 21 heavy (non-hydrogen) atoms. The van der Waals surface area contributed by atoms with Gasteiger partial charge in [-0.1, -0.05) is 6.92 Å². The number of esters is 1. The monoisotopic (exact) mass is 306 g/mol. The zero-order valence-corrected chi connectivity index (χ0v) is 13.0. The van der Waals surface area contributed by atoms with E-state index in [4.69, 9.17) is 4.74 Å². The van der Waals surface area contributed by atoms with Gasteiger partial charge in [0.2, 0.25) is 0 Å². The van der Waals surface area contributed by atoms with E-state index >= 15 is 0 Å². The first kappa shape index (κ1) is 15.4. The fourth-order valence-corrected chi connectivity index (χ4v) is 2.77. The van der Waals surface area contributed by atoms with Crippen LogP contribution in [0.4, 0.5) is 0 Å². The second kappa shape index (κ2) is 7.17. The largest absolute Gasteiger partial charge is 0.465 e. The number of hydrogen-bond acceptors (Lipinski definition) is 5. The molecule has 1 aromatic heterocycles. The van der Waals surface area contributed by atoms with Crippen LogP contribution in [-0.2, 0) is 9.53 Å². The van der Waals surface area contributed by atoms with Crippen molar-refractivity contribution in [3.63, 3.8) is 0 Å². The summed E-state index contributed by atoms with van der Waals surface area (Å²) in [7, 11) is 0. The van der Waals surface area contributed by atoms with Gasteiger partial charge in [0.15, 0.2) is 0 Å². The number of fused-ring (bicyclic) bond motifs is 1. The van der Waals surface area contributed by atoms with Crippen molar-refractivity contribution in [1.82, 2.24) is 9.88 Å². The van der Waals surface area contributed by atoms with Gasteiger partial charge in [-0.2, -0.15) is 0 Å². The van der Waals surface area contributed by atoms with Gasteiger partial charge in [0, 0.05) is 12.1 Å². The Morgan fingerprint density at radius 2 is 2.14 bits per heavy atom. The molecule has 1 aromatic carbocycles. The minimum absolute atomic E-state index is 0.0127. The van der Waals surface area contributed by atoms with E-state index in [0.29, 0.717) is 18.7 Å². The predicted octanol–water partition coefficient (Wildman–Crippen LogP) is 2.71. The molecule has 0 bridgehead atoms. The van der Waals surface area contributed by atoms with Gasteiger partial charge in [-0.15, -0.1) is 11.3 Å². The van der Waals surface area contributed by atoms with Crippen molar-refractivity contribution in [1.29, 1.82) is 0 Å². The van der Waals surface area contributed by atoms with Crippen LogP contribution in [0.2, 0.25) is 0 Å². The number of hydrogen-bond donors (Lipinski definition) is 0. The van der Waals surface area contributed by atoms with Crippen molar-refractivity contribution in [2.75, 3.05) is 19.7 Å². The average molecular weight is 306 g/mol. The molecular weight excluding hydrogens is 288 g/mol. The summed E-state index contributed by atoms with van der Waals surface area (Å²) in [6, 6.07) is 5.40. The lowest BCUT2D eigenvalue weighted by Gasteiger charge is -2.21. The van der Waals surface area contributed by atoms with Crippen molar-refractivity contribution in [3.05, 3.63) is 29.3 Å². The lowest BCUT2D eigenvalue weighted by atomic mass is 10.2. The maximum Gasteiger partial charge on any atom is 0.325 e. The van der Waals surface area contributed by atoms with E-state index in [1.807, 2.05) is 19.1 Å². The fourth-order valence-electron chi connectivity index (χ4n) is 2.06. The quantitative estimate of drug-likeness (QED) is 0.770. The van der Waals surface area contributed by atoms with Gasteiger partial charge in [-0.3, -0.25) is 9.59 Å². The topological polar surface area (TPSA) is 59.5 Å². The second-order valence-corrected chi connectivity index (χ2v) is 5.45. The SMILES string of the molecule is CCCN(CC(=O)OCC)C(=O)c1ccc2ncsc2c1. The number of ether oxygens (including phenoxy) is 1. The van der Waals surface area contributed by atoms with Crippen molar-refractivity contribution >= 4 is 33.4 Å². The molecule has 0 aliphatic rings. The molecule has 0 aliphatic carbocycles. The molecule has 2 rings (SSSR count). The maximum atomic E-state index is 12.5. The van der Waals surface area contributed by atoms with Crippen LogP contribution in [-0.4, -0.2) is 41.5 Å². The number of thiazole rings is 1. The van der Waals surface area contributed by atoms with E-state index in [1.54, 1.807) is 18.5 Å². The Balaban J connectivity index is 2.18. The van der Waals surface area contributed by atoms with Gasteiger partial charge >= 0.3 is 5.97 Å². The molecule has 112 valence electrons. The lowest BCUT2D eigenvalue weighted by Crippen LogP contribution is -2.37. The van der Waals surface area contributed by atoms with Gasteiger partial charge in [-0.25, -0.2) is 4.98 Å². The summed E-state index contributed by atoms with van der Waals surface area (Å²) in [5.74, 6) is -0.529. The van der Waals surface area contributed by atoms with Crippen molar-refractivity contribution < 1.29 is 14.3 Å². The molecule has 0 radical (unpaired) electrons. The average Bonchev–Trinajstić information content (AvgIpc) is 2.93. The third-order valence-corrected chi connectivity index (χ3v) is 3.78. The van der Waals surface area contributed by atoms with Crippen LogP contribution in [0.25, 0.3) is 10.2 Å². The fraction of sp³-hybridized carbons (Fsp3) is 0.400. The van der Waals surface area contributed by atoms with Crippen LogP contribution in [0.5, 0.6) is 0 Å². The highest BCUT2D eigenvalue weighted by molar-refractivity contribution is 7.16. The van der Waals surface area contributed by atoms with E-state index in [2.05, 4.69) is 4.98 Å². The molecule has 0 unspecified atom stereocenters. The number of carbonyl (C=O) groups is 2. The third-order valence-electron chi connectivity index (χ3n) is 2.98. The highest BCUT2D eigenvalue weighted by atomic mass is 32.1. The Hall–Kier alpha value is -1.95. The predicted molar refractivity (Wildman–Crippen MR) is 82.4 cm³/mol. The van der Waals surface area contributed by atoms with E-state index in [0.717, 1.165) is 16.6 Å². The van der Waals surface area contributed by atoms with E-state index in [-0.39, 0.29) is 18.4 Å².